The fraction of sp³-hybridized carbons (Fsp3) is 0.286. The molecule has 1 aromatic heterocycles. The van der Waals surface area contributed by atoms with Gasteiger partial charge in [0, 0.05) is 31.4 Å². The molecule has 0 aliphatic rings. The van der Waals surface area contributed by atoms with Crippen LogP contribution in [0.5, 0.6) is 5.75 Å². The number of aryl methyl sites for hydroxylation is 1. The van der Waals surface area contributed by atoms with Gasteiger partial charge in [-0.05, 0) is 25.1 Å². The molecule has 0 N–H and O–H groups in total. The summed E-state index contributed by atoms with van der Waals surface area (Å²) in [5.74, 6) is -0.272. The number of Topliss-reactive ketones (excluding diaryl/α,β-unsaturated/α-hetero) is 1. The molecule has 19 heavy (non-hydrogen) atoms. The normalized spacial score (nSPS) is 10.5. The molecule has 0 fully saturated rings. The van der Waals surface area contributed by atoms with Crippen LogP contribution < -0.4 is 4.74 Å². The van der Waals surface area contributed by atoms with Crippen molar-refractivity contribution in [2.24, 2.45) is 7.05 Å². The van der Waals surface area contributed by atoms with E-state index < -0.39 is 5.82 Å². The Balaban J connectivity index is 2.05. The summed E-state index contributed by atoms with van der Waals surface area (Å²) in [6.07, 6.45) is 2.35. The molecule has 1 aromatic carbocycles. The van der Waals surface area contributed by atoms with E-state index in [0.29, 0.717) is 18.6 Å². The summed E-state index contributed by atoms with van der Waals surface area (Å²) in [5, 5.41) is 4.05. The van der Waals surface area contributed by atoms with Gasteiger partial charge in [-0.3, -0.25) is 9.48 Å². The molecule has 0 aliphatic heterocycles. The van der Waals surface area contributed by atoms with Crippen LogP contribution in [0.25, 0.3) is 0 Å². The number of halogens is 1. The maximum Gasteiger partial charge on any atom is 0.163 e. The fourth-order valence-corrected chi connectivity index (χ4v) is 1.82. The van der Waals surface area contributed by atoms with Crippen molar-refractivity contribution in [2.45, 2.75) is 13.3 Å². The zero-order valence-corrected chi connectivity index (χ0v) is 10.9. The molecule has 4 nitrogen and oxygen atoms in total. The third-order valence-electron chi connectivity index (χ3n) is 2.86. The standard InChI is InChI=1S/C14H15FN2O2/c1-10(18)13-4-3-11(15)9-14(13)19-8-6-12-5-7-16-17(12)2/h3-5,7,9H,6,8H2,1-2H3. The van der Waals surface area contributed by atoms with Gasteiger partial charge in [-0.25, -0.2) is 4.39 Å². The van der Waals surface area contributed by atoms with Crippen molar-refractivity contribution in [3.63, 3.8) is 0 Å². The fourth-order valence-electron chi connectivity index (χ4n) is 1.82. The van der Waals surface area contributed by atoms with Gasteiger partial charge >= 0.3 is 0 Å². The van der Waals surface area contributed by atoms with Crippen LogP contribution in [0.4, 0.5) is 4.39 Å². The Hall–Kier alpha value is -2.17. The Bertz CT molecular complexity index is 593. The largest absolute Gasteiger partial charge is 0.492 e. The molecule has 0 atom stereocenters. The van der Waals surface area contributed by atoms with Gasteiger partial charge in [-0.1, -0.05) is 0 Å². The highest BCUT2D eigenvalue weighted by Gasteiger charge is 2.10. The molecule has 2 aromatic rings. The first kappa shape index (κ1) is 13.3. The third kappa shape index (κ3) is 3.19. The van der Waals surface area contributed by atoms with E-state index in [0.717, 1.165) is 5.69 Å². The van der Waals surface area contributed by atoms with Crippen LogP contribution in [-0.4, -0.2) is 22.2 Å². The van der Waals surface area contributed by atoms with E-state index in [1.54, 1.807) is 10.9 Å². The van der Waals surface area contributed by atoms with E-state index in [1.165, 1.54) is 25.1 Å². The zero-order chi connectivity index (χ0) is 13.8. The quantitative estimate of drug-likeness (QED) is 0.777. The highest BCUT2D eigenvalue weighted by Crippen LogP contribution is 2.20. The number of aromatic nitrogens is 2. The van der Waals surface area contributed by atoms with Crippen LogP contribution in [0.1, 0.15) is 23.0 Å². The molecule has 0 saturated carbocycles. The number of hydrogen-bond acceptors (Lipinski definition) is 3. The molecule has 100 valence electrons. The summed E-state index contributed by atoms with van der Waals surface area (Å²) in [7, 11) is 1.85. The van der Waals surface area contributed by atoms with Gasteiger partial charge in [0.2, 0.25) is 0 Å². The molecular weight excluding hydrogens is 247 g/mol. The Morgan fingerprint density at radius 3 is 2.84 bits per heavy atom. The van der Waals surface area contributed by atoms with Crippen LogP contribution in [-0.2, 0) is 13.5 Å². The van der Waals surface area contributed by atoms with Crippen molar-refractivity contribution < 1.29 is 13.9 Å². The Kier molecular flexibility index (Phi) is 3.94. The van der Waals surface area contributed by atoms with E-state index in [2.05, 4.69) is 5.10 Å². The van der Waals surface area contributed by atoms with Crippen LogP contribution in [0.2, 0.25) is 0 Å². The van der Waals surface area contributed by atoms with Crippen molar-refractivity contribution in [3.05, 3.63) is 47.5 Å². The van der Waals surface area contributed by atoms with E-state index in [1.807, 2.05) is 13.1 Å². The maximum absolute atomic E-state index is 13.2. The SMILES string of the molecule is CC(=O)c1ccc(F)cc1OCCc1ccnn1C. The first-order valence-electron chi connectivity index (χ1n) is 5.98. The predicted molar refractivity (Wildman–Crippen MR) is 68.8 cm³/mol. The lowest BCUT2D eigenvalue weighted by molar-refractivity contribution is 0.101. The van der Waals surface area contributed by atoms with Crippen molar-refractivity contribution in [1.29, 1.82) is 0 Å². The highest BCUT2D eigenvalue weighted by molar-refractivity contribution is 5.96. The van der Waals surface area contributed by atoms with Gasteiger partial charge < -0.3 is 4.74 Å². The predicted octanol–water partition coefficient (Wildman–Crippen LogP) is 2.38. The lowest BCUT2D eigenvalue weighted by Gasteiger charge is -2.10. The molecule has 0 amide bonds. The van der Waals surface area contributed by atoms with Gasteiger partial charge in [0.1, 0.15) is 11.6 Å². The van der Waals surface area contributed by atoms with Crippen LogP contribution in [0.15, 0.2) is 30.5 Å². The van der Waals surface area contributed by atoms with Gasteiger partial charge in [0.05, 0.1) is 12.2 Å². The molecule has 1 heterocycles. The van der Waals surface area contributed by atoms with Gasteiger partial charge in [-0.2, -0.15) is 5.10 Å². The Morgan fingerprint density at radius 1 is 1.42 bits per heavy atom. The Morgan fingerprint density at radius 2 is 2.21 bits per heavy atom. The average molecular weight is 262 g/mol. The number of hydrogen-bond donors (Lipinski definition) is 0. The van der Waals surface area contributed by atoms with E-state index in [4.69, 9.17) is 4.74 Å². The van der Waals surface area contributed by atoms with Gasteiger partial charge in [0.15, 0.2) is 5.78 Å². The number of benzene rings is 1. The Labute approximate surface area is 110 Å². The number of carbonyl (C=O) groups excluding carboxylic acids is 1. The molecule has 0 unspecified atom stereocenters. The van der Waals surface area contributed by atoms with Crippen molar-refractivity contribution >= 4 is 5.78 Å². The van der Waals surface area contributed by atoms with E-state index in [-0.39, 0.29) is 11.5 Å². The first-order valence-corrected chi connectivity index (χ1v) is 5.98. The number of rotatable bonds is 5. The summed E-state index contributed by atoms with van der Waals surface area (Å²) in [5.41, 5.74) is 1.41. The number of ketones is 1. The van der Waals surface area contributed by atoms with E-state index in [9.17, 15) is 9.18 Å². The molecule has 0 saturated heterocycles. The molecule has 0 bridgehead atoms. The molecule has 0 spiro atoms. The second-order valence-electron chi connectivity index (χ2n) is 4.24. The van der Waals surface area contributed by atoms with Gasteiger partial charge in [0.25, 0.3) is 0 Å². The lowest BCUT2D eigenvalue weighted by atomic mass is 10.1. The van der Waals surface area contributed by atoms with E-state index >= 15 is 0 Å². The number of nitrogens with zero attached hydrogens (tertiary/aromatic N) is 2. The van der Waals surface area contributed by atoms with Crippen molar-refractivity contribution in [2.75, 3.05) is 6.61 Å². The summed E-state index contributed by atoms with van der Waals surface area (Å²) < 4.78 is 20.4. The van der Waals surface area contributed by atoms with Crippen LogP contribution >= 0.6 is 0 Å². The zero-order valence-electron chi connectivity index (χ0n) is 10.9. The maximum atomic E-state index is 13.2. The van der Waals surface area contributed by atoms with Crippen LogP contribution in [0.3, 0.4) is 0 Å². The summed E-state index contributed by atoms with van der Waals surface area (Å²) in [6.45, 7) is 1.80. The summed E-state index contributed by atoms with van der Waals surface area (Å²) in [4.78, 5) is 11.4. The monoisotopic (exact) mass is 262 g/mol. The molecule has 2 rings (SSSR count). The summed E-state index contributed by atoms with van der Waals surface area (Å²) in [6, 6.07) is 5.82. The third-order valence-corrected chi connectivity index (χ3v) is 2.86. The number of ether oxygens (including phenoxy) is 1. The molecular formula is C14H15FN2O2. The highest BCUT2D eigenvalue weighted by atomic mass is 19.1. The minimum atomic E-state index is -0.416. The summed E-state index contributed by atoms with van der Waals surface area (Å²) >= 11 is 0. The molecule has 0 aliphatic carbocycles. The van der Waals surface area contributed by atoms with Crippen LogP contribution in [0, 0.1) is 5.82 Å². The first-order chi connectivity index (χ1) is 9.08. The van der Waals surface area contributed by atoms with Crippen molar-refractivity contribution in [3.8, 4) is 5.75 Å². The topological polar surface area (TPSA) is 44.1 Å². The number of carbonyl (C=O) groups is 1. The smallest absolute Gasteiger partial charge is 0.163 e. The average Bonchev–Trinajstić information content (AvgIpc) is 2.75. The second-order valence-corrected chi connectivity index (χ2v) is 4.24. The van der Waals surface area contributed by atoms with Gasteiger partial charge in [-0.15, -0.1) is 0 Å². The molecule has 0 radical (unpaired) electrons. The minimum Gasteiger partial charge on any atom is -0.492 e. The van der Waals surface area contributed by atoms with Crippen molar-refractivity contribution in [1.82, 2.24) is 9.78 Å². The second kappa shape index (κ2) is 5.65. The lowest BCUT2D eigenvalue weighted by Crippen LogP contribution is -2.08. The minimum absolute atomic E-state index is 0.143. The molecule has 5 heteroatoms.